The highest BCUT2D eigenvalue weighted by Gasteiger charge is 2.50. The molecule has 0 aromatic carbocycles. The zero-order valence-electron chi connectivity index (χ0n) is 8.27. The van der Waals surface area contributed by atoms with Gasteiger partial charge in [0.15, 0.2) is 0 Å². The Kier molecular flexibility index (Phi) is 4.21. The van der Waals surface area contributed by atoms with Crippen molar-refractivity contribution in [2.75, 3.05) is 25.0 Å². The van der Waals surface area contributed by atoms with E-state index in [2.05, 4.69) is 48.9 Å². The van der Waals surface area contributed by atoms with Gasteiger partial charge in [-0.15, -0.1) is 0 Å². The molecule has 2 atom stereocenters. The van der Waals surface area contributed by atoms with E-state index in [-0.39, 0.29) is 3.90 Å². The first-order valence-corrected chi connectivity index (χ1v) is 8.16. The summed E-state index contributed by atoms with van der Waals surface area (Å²) in [6.45, 7) is 3.91. The van der Waals surface area contributed by atoms with Crippen molar-refractivity contribution in [3.05, 3.63) is 0 Å². The summed E-state index contributed by atoms with van der Waals surface area (Å²) in [4.78, 5) is 1.73. The van der Waals surface area contributed by atoms with Crippen molar-refractivity contribution in [3.8, 4) is 0 Å². The molecule has 0 amide bonds. The minimum atomic E-state index is 0.228. The van der Waals surface area contributed by atoms with Crippen molar-refractivity contribution in [1.82, 2.24) is 0 Å². The molecule has 5 heteroatoms. The zero-order chi connectivity index (χ0) is 10.0. The summed E-state index contributed by atoms with van der Waals surface area (Å²) in [5.74, 6) is 0. The maximum atomic E-state index is 3.94. The minimum Gasteiger partial charge on any atom is -0.275 e. The standard InChI is InChI=1S/C9H16Br2N2S/c10-6-8-7-12-9(11,14-8)13-4-2-1-3-5-13/h8,12H,1-7H2/p+2/t8-,9+/m0/s1. The van der Waals surface area contributed by atoms with Crippen molar-refractivity contribution < 1.29 is 10.2 Å². The SMILES string of the molecule is BrC[C@H]1C[NH2+][C@](Br)([NH+]2CCCCC2)S1. The molecule has 2 heterocycles. The highest BCUT2D eigenvalue weighted by Crippen LogP contribution is 2.29. The molecule has 2 saturated heterocycles. The molecule has 0 unspecified atom stereocenters. The monoisotopic (exact) mass is 344 g/mol. The lowest BCUT2D eigenvalue weighted by atomic mass is 10.1. The zero-order valence-corrected chi connectivity index (χ0v) is 12.3. The Morgan fingerprint density at radius 2 is 2.07 bits per heavy atom. The Morgan fingerprint density at radius 1 is 1.36 bits per heavy atom. The largest absolute Gasteiger partial charge is 0.325 e. The molecule has 0 aliphatic carbocycles. The summed E-state index contributed by atoms with van der Waals surface area (Å²) in [6, 6.07) is 0. The second-order valence-electron chi connectivity index (χ2n) is 4.14. The molecule has 0 bridgehead atoms. The predicted molar refractivity (Wildman–Crippen MR) is 68.2 cm³/mol. The Hall–Kier alpha value is 1.23. The number of piperidine rings is 1. The van der Waals surface area contributed by atoms with Crippen molar-refractivity contribution in [3.63, 3.8) is 0 Å². The van der Waals surface area contributed by atoms with Gasteiger partial charge in [-0.05, 0) is 31.0 Å². The van der Waals surface area contributed by atoms with Crippen LogP contribution in [0.5, 0.6) is 0 Å². The van der Waals surface area contributed by atoms with Gasteiger partial charge in [0.25, 0.3) is 0 Å². The molecular weight excluding hydrogens is 328 g/mol. The normalized spacial score (nSPS) is 40.3. The van der Waals surface area contributed by atoms with E-state index in [0.29, 0.717) is 0 Å². The fourth-order valence-electron chi connectivity index (χ4n) is 2.26. The second kappa shape index (κ2) is 5.04. The number of hydrogen-bond acceptors (Lipinski definition) is 1. The van der Waals surface area contributed by atoms with Crippen LogP contribution < -0.4 is 10.2 Å². The molecule has 0 radical (unpaired) electrons. The van der Waals surface area contributed by atoms with Crippen LogP contribution in [0.2, 0.25) is 0 Å². The van der Waals surface area contributed by atoms with E-state index < -0.39 is 0 Å². The van der Waals surface area contributed by atoms with Gasteiger partial charge < -0.3 is 0 Å². The van der Waals surface area contributed by atoms with E-state index in [1.165, 1.54) is 38.9 Å². The average molecular weight is 346 g/mol. The van der Waals surface area contributed by atoms with Gasteiger partial charge in [-0.3, -0.25) is 10.2 Å². The van der Waals surface area contributed by atoms with Gasteiger partial charge in [0.1, 0.15) is 0 Å². The third kappa shape index (κ3) is 2.48. The lowest BCUT2D eigenvalue weighted by molar-refractivity contribution is -1.03. The third-order valence-corrected chi connectivity index (χ3v) is 7.24. The van der Waals surface area contributed by atoms with Crippen LogP contribution in [0.3, 0.4) is 0 Å². The van der Waals surface area contributed by atoms with Crippen LogP contribution in [0.4, 0.5) is 0 Å². The highest BCUT2D eigenvalue weighted by molar-refractivity contribution is 9.11. The fourth-order valence-corrected chi connectivity index (χ4v) is 5.60. The first-order chi connectivity index (χ1) is 6.74. The summed E-state index contributed by atoms with van der Waals surface area (Å²) in [5.41, 5.74) is 0. The number of alkyl halides is 2. The minimum absolute atomic E-state index is 0.228. The highest BCUT2D eigenvalue weighted by atomic mass is 79.9. The van der Waals surface area contributed by atoms with E-state index >= 15 is 0 Å². The van der Waals surface area contributed by atoms with Crippen LogP contribution >= 0.6 is 43.6 Å². The Morgan fingerprint density at radius 3 is 2.64 bits per heavy atom. The number of hydrogen-bond donors (Lipinski definition) is 2. The summed E-state index contributed by atoms with van der Waals surface area (Å²) < 4.78 is 0.228. The fraction of sp³-hybridized carbons (Fsp3) is 1.00. The second-order valence-corrected chi connectivity index (χ2v) is 8.11. The molecule has 14 heavy (non-hydrogen) atoms. The molecular formula is C9H18Br2N2S+2. The van der Waals surface area contributed by atoms with Gasteiger partial charge in [-0.1, -0.05) is 15.9 Å². The maximum absolute atomic E-state index is 3.94. The number of likely N-dealkylation sites (tertiary alicyclic amines) is 1. The molecule has 82 valence electrons. The lowest BCUT2D eigenvalue weighted by Gasteiger charge is -2.32. The number of thioether (sulfide) groups is 1. The van der Waals surface area contributed by atoms with Gasteiger partial charge in [0.2, 0.25) is 0 Å². The number of rotatable bonds is 2. The Bertz CT molecular complexity index is 199. The van der Waals surface area contributed by atoms with Crippen LogP contribution in [0.25, 0.3) is 0 Å². The van der Waals surface area contributed by atoms with E-state index in [1.54, 1.807) is 4.90 Å². The van der Waals surface area contributed by atoms with Gasteiger partial charge in [0, 0.05) is 5.33 Å². The molecule has 0 spiro atoms. The van der Waals surface area contributed by atoms with Crippen molar-refractivity contribution in [1.29, 1.82) is 0 Å². The molecule has 2 aliphatic rings. The van der Waals surface area contributed by atoms with Crippen LogP contribution in [-0.4, -0.2) is 34.1 Å². The van der Waals surface area contributed by atoms with Crippen molar-refractivity contribution in [2.24, 2.45) is 0 Å². The molecule has 2 aliphatic heterocycles. The molecule has 0 saturated carbocycles. The van der Waals surface area contributed by atoms with Crippen LogP contribution in [0, 0.1) is 0 Å². The molecule has 3 N–H and O–H groups in total. The van der Waals surface area contributed by atoms with Gasteiger partial charge in [0.05, 0.1) is 40.8 Å². The molecule has 0 aromatic rings. The van der Waals surface area contributed by atoms with Gasteiger partial charge in [-0.25, -0.2) is 0 Å². The average Bonchev–Trinajstić information content (AvgIpc) is 2.63. The Balaban J connectivity index is 1.94. The number of nitrogens with two attached hydrogens (primary N) is 1. The smallest absolute Gasteiger partial charge is 0.275 e. The van der Waals surface area contributed by atoms with E-state index in [9.17, 15) is 0 Å². The predicted octanol–water partition coefficient (Wildman–Crippen LogP) is 0.135. The molecule has 2 fully saturated rings. The van der Waals surface area contributed by atoms with Crippen LogP contribution in [-0.2, 0) is 0 Å². The first kappa shape index (κ1) is 11.7. The summed E-state index contributed by atoms with van der Waals surface area (Å²) in [6.07, 6.45) is 4.23. The Labute approximate surface area is 107 Å². The van der Waals surface area contributed by atoms with E-state index in [0.717, 1.165) is 10.6 Å². The van der Waals surface area contributed by atoms with Crippen LogP contribution in [0.1, 0.15) is 19.3 Å². The van der Waals surface area contributed by atoms with Gasteiger partial charge >= 0.3 is 3.90 Å². The summed E-state index contributed by atoms with van der Waals surface area (Å²) >= 11 is 9.62. The van der Waals surface area contributed by atoms with E-state index in [1.807, 2.05) is 0 Å². The third-order valence-electron chi connectivity index (χ3n) is 3.09. The molecule has 2 rings (SSSR count). The lowest BCUT2D eigenvalue weighted by Crippen LogP contribution is -3.30. The molecule has 0 aromatic heterocycles. The number of quaternary nitrogens is 2. The van der Waals surface area contributed by atoms with Crippen LogP contribution in [0.15, 0.2) is 0 Å². The van der Waals surface area contributed by atoms with Gasteiger partial charge in [-0.2, -0.15) is 0 Å². The summed E-state index contributed by atoms with van der Waals surface area (Å²) in [7, 11) is 0. The van der Waals surface area contributed by atoms with Crippen molar-refractivity contribution in [2.45, 2.75) is 28.4 Å². The van der Waals surface area contributed by atoms with E-state index in [4.69, 9.17) is 0 Å². The number of nitrogens with one attached hydrogen (secondary N) is 1. The molecule has 2 nitrogen and oxygen atoms in total. The number of halogens is 2. The topological polar surface area (TPSA) is 21.1 Å². The quantitative estimate of drug-likeness (QED) is 0.539. The first-order valence-electron chi connectivity index (χ1n) is 5.37. The maximum Gasteiger partial charge on any atom is 0.325 e. The van der Waals surface area contributed by atoms with Crippen molar-refractivity contribution >= 4 is 43.6 Å². The summed E-state index contributed by atoms with van der Waals surface area (Å²) in [5, 5.41) is 4.36.